The predicted molar refractivity (Wildman–Crippen MR) is 83.6 cm³/mol. The van der Waals surface area contributed by atoms with Gasteiger partial charge < -0.3 is 15.2 Å². The van der Waals surface area contributed by atoms with Crippen molar-refractivity contribution in [1.82, 2.24) is 5.32 Å². The second-order valence-electron chi connectivity index (χ2n) is 5.57. The van der Waals surface area contributed by atoms with Gasteiger partial charge in [-0.25, -0.2) is 0 Å². The first-order valence-electron chi connectivity index (χ1n) is 7.13. The number of ether oxygens (including phenoxy) is 1. The highest BCUT2D eigenvalue weighted by molar-refractivity contribution is 5.86. The van der Waals surface area contributed by atoms with E-state index in [1.165, 1.54) is 0 Å². The fourth-order valence-corrected chi connectivity index (χ4v) is 1.99. The van der Waals surface area contributed by atoms with Gasteiger partial charge in [0.25, 0.3) is 5.91 Å². The molecule has 0 saturated heterocycles. The third-order valence-corrected chi connectivity index (χ3v) is 3.18. The van der Waals surface area contributed by atoms with Crippen LogP contribution in [0.5, 0.6) is 11.5 Å². The lowest BCUT2D eigenvalue weighted by Crippen LogP contribution is -2.38. The molecule has 1 amide bonds. The van der Waals surface area contributed by atoms with Crippen molar-refractivity contribution in [1.29, 1.82) is 0 Å². The maximum Gasteiger partial charge on any atom is 0.260 e. The molecule has 0 spiro atoms. The zero-order valence-electron chi connectivity index (χ0n) is 12.6. The molecular weight excluding hydrogens is 266 g/mol. The first kappa shape index (κ1) is 15.2. The van der Waals surface area contributed by atoms with Crippen LogP contribution in [0.1, 0.15) is 20.8 Å². The summed E-state index contributed by atoms with van der Waals surface area (Å²) in [5.74, 6) is 0.560. The number of phenols is 1. The molecule has 0 bridgehead atoms. The minimum absolute atomic E-state index is 0.0391. The molecule has 0 aliphatic carbocycles. The van der Waals surface area contributed by atoms with Crippen LogP contribution < -0.4 is 10.1 Å². The number of carbonyl (C=O) groups excluding carboxylic acids is 1. The number of hydrogen-bond donors (Lipinski definition) is 2. The Bertz CT molecular complexity index is 637. The first-order chi connectivity index (χ1) is 9.97. The van der Waals surface area contributed by atoms with Crippen molar-refractivity contribution in [3.63, 3.8) is 0 Å². The minimum atomic E-state index is -0.657. The summed E-state index contributed by atoms with van der Waals surface area (Å²) in [6, 6.07) is 11.1. The summed E-state index contributed by atoms with van der Waals surface area (Å²) in [7, 11) is 0. The van der Waals surface area contributed by atoms with E-state index in [0.29, 0.717) is 18.2 Å². The van der Waals surface area contributed by atoms with Crippen molar-refractivity contribution >= 4 is 16.7 Å². The maximum absolute atomic E-state index is 11.9. The highest BCUT2D eigenvalue weighted by Crippen LogP contribution is 2.31. The molecule has 0 aromatic heterocycles. The van der Waals surface area contributed by atoms with Crippen LogP contribution in [0.4, 0.5) is 0 Å². The molecule has 112 valence electrons. The minimum Gasteiger partial charge on any atom is -0.504 e. The van der Waals surface area contributed by atoms with Gasteiger partial charge in [-0.3, -0.25) is 4.79 Å². The van der Waals surface area contributed by atoms with Gasteiger partial charge in [-0.05, 0) is 35.7 Å². The highest BCUT2D eigenvalue weighted by atomic mass is 16.5. The smallest absolute Gasteiger partial charge is 0.260 e. The van der Waals surface area contributed by atoms with Gasteiger partial charge in [0, 0.05) is 6.54 Å². The maximum atomic E-state index is 11.9. The van der Waals surface area contributed by atoms with Crippen molar-refractivity contribution in [2.24, 2.45) is 5.92 Å². The summed E-state index contributed by atoms with van der Waals surface area (Å²) < 4.78 is 5.59. The molecule has 0 aliphatic heterocycles. The van der Waals surface area contributed by atoms with E-state index in [-0.39, 0.29) is 11.7 Å². The fourth-order valence-electron chi connectivity index (χ4n) is 1.99. The largest absolute Gasteiger partial charge is 0.504 e. The fraction of sp³-hybridized carbons (Fsp3) is 0.353. The Hall–Kier alpha value is -2.23. The highest BCUT2D eigenvalue weighted by Gasteiger charge is 2.16. The Morgan fingerprint density at radius 2 is 1.81 bits per heavy atom. The summed E-state index contributed by atoms with van der Waals surface area (Å²) in [5.41, 5.74) is 0. The molecule has 0 aliphatic rings. The average molecular weight is 287 g/mol. The molecule has 1 unspecified atom stereocenters. The van der Waals surface area contributed by atoms with E-state index in [0.717, 1.165) is 10.8 Å². The van der Waals surface area contributed by atoms with Crippen LogP contribution in [-0.4, -0.2) is 23.7 Å². The monoisotopic (exact) mass is 287 g/mol. The Labute approximate surface area is 124 Å². The first-order valence-corrected chi connectivity index (χ1v) is 7.13. The molecule has 0 saturated carbocycles. The standard InChI is InChI=1S/C17H21NO3/c1-11(2)10-18-17(20)12(3)21-16-9-14-7-5-4-6-13(14)8-15(16)19/h4-9,11-12,19H,10H2,1-3H3,(H,18,20). The summed E-state index contributed by atoms with van der Waals surface area (Å²) in [5, 5.41) is 14.7. The summed E-state index contributed by atoms with van der Waals surface area (Å²) in [6.07, 6.45) is -0.657. The SMILES string of the molecule is CC(C)CNC(=O)C(C)Oc1cc2ccccc2cc1O. The van der Waals surface area contributed by atoms with E-state index in [9.17, 15) is 9.90 Å². The molecule has 21 heavy (non-hydrogen) atoms. The van der Waals surface area contributed by atoms with Gasteiger partial charge in [-0.1, -0.05) is 38.1 Å². The van der Waals surface area contributed by atoms with Gasteiger partial charge in [0.05, 0.1) is 0 Å². The summed E-state index contributed by atoms with van der Waals surface area (Å²) in [6.45, 7) is 6.34. The Kier molecular flexibility index (Phi) is 4.68. The lowest BCUT2D eigenvalue weighted by atomic mass is 10.1. The normalized spacial score (nSPS) is 12.4. The van der Waals surface area contributed by atoms with Gasteiger partial charge in [0.15, 0.2) is 17.6 Å². The number of rotatable bonds is 5. The third-order valence-electron chi connectivity index (χ3n) is 3.18. The molecule has 2 N–H and O–H groups in total. The molecule has 0 fully saturated rings. The number of amides is 1. The molecule has 2 aromatic rings. The van der Waals surface area contributed by atoms with Crippen LogP contribution in [0, 0.1) is 5.92 Å². The van der Waals surface area contributed by atoms with Crippen molar-refractivity contribution in [2.75, 3.05) is 6.54 Å². The lowest BCUT2D eigenvalue weighted by molar-refractivity contribution is -0.127. The molecule has 2 rings (SSSR count). The lowest BCUT2D eigenvalue weighted by Gasteiger charge is -2.17. The molecule has 0 heterocycles. The van der Waals surface area contributed by atoms with E-state index >= 15 is 0 Å². The van der Waals surface area contributed by atoms with Crippen molar-refractivity contribution in [3.05, 3.63) is 36.4 Å². The summed E-state index contributed by atoms with van der Waals surface area (Å²) >= 11 is 0. The molecule has 1 atom stereocenters. The van der Waals surface area contributed by atoms with Crippen LogP contribution in [-0.2, 0) is 4.79 Å². The van der Waals surface area contributed by atoms with Gasteiger partial charge in [0.1, 0.15) is 0 Å². The molecular formula is C17H21NO3. The number of phenolic OH excluding ortho intramolecular Hbond substituents is 1. The summed E-state index contributed by atoms with van der Waals surface area (Å²) in [4.78, 5) is 11.9. The quantitative estimate of drug-likeness (QED) is 0.888. The number of fused-ring (bicyclic) bond motifs is 1. The average Bonchev–Trinajstić information content (AvgIpc) is 2.45. The van der Waals surface area contributed by atoms with E-state index in [2.05, 4.69) is 5.32 Å². The number of aromatic hydroxyl groups is 1. The topological polar surface area (TPSA) is 58.6 Å². The van der Waals surface area contributed by atoms with Crippen LogP contribution in [0.3, 0.4) is 0 Å². The van der Waals surface area contributed by atoms with E-state index < -0.39 is 6.10 Å². The molecule has 4 heteroatoms. The van der Waals surface area contributed by atoms with Gasteiger partial charge in [0.2, 0.25) is 0 Å². The predicted octanol–water partition coefficient (Wildman–Crippen LogP) is 3.08. The van der Waals surface area contributed by atoms with E-state index in [1.807, 2.05) is 38.1 Å². The second-order valence-corrected chi connectivity index (χ2v) is 5.57. The Morgan fingerprint density at radius 3 is 2.43 bits per heavy atom. The number of benzene rings is 2. The van der Waals surface area contributed by atoms with Crippen LogP contribution >= 0.6 is 0 Å². The zero-order valence-corrected chi connectivity index (χ0v) is 12.6. The van der Waals surface area contributed by atoms with Gasteiger partial charge in [-0.15, -0.1) is 0 Å². The van der Waals surface area contributed by atoms with Gasteiger partial charge in [-0.2, -0.15) is 0 Å². The number of nitrogens with one attached hydrogen (secondary N) is 1. The molecule has 0 radical (unpaired) electrons. The third kappa shape index (κ3) is 3.88. The van der Waals surface area contributed by atoms with Crippen LogP contribution in [0.2, 0.25) is 0 Å². The molecule has 2 aromatic carbocycles. The van der Waals surface area contributed by atoms with Crippen molar-refractivity contribution < 1.29 is 14.6 Å². The van der Waals surface area contributed by atoms with Gasteiger partial charge >= 0.3 is 0 Å². The van der Waals surface area contributed by atoms with E-state index in [1.54, 1.807) is 19.1 Å². The zero-order chi connectivity index (χ0) is 15.4. The van der Waals surface area contributed by atoms with Crippen molar-refractivity contribution in [3.8, 4) is 11.5 Å². The Balaban J connectivity index is 2.11. The molecule has 4 nitrogen and oxygen atoms in total. The Morgan fingerprint density at radius 1 is 1.19 bits per heavy atom. The van der Waals surface area contributed by atoms with Crippen molar-refractivity contribution in [2.45, 2.75) is 26.9 Å². The second kappa shape index (κ2) is 6.48. The number of hydrogen-bond acceptors (Lipinski definition) is 3. The van der Waals surface area contributed by atoms with Crippen LogP contribution in [0.25, 0.3) is 10.8 Å². The van der Waals surface area contributed by atoms with Crippen LogP contribution in [0.15, 0.2) is 36.4 Å². The number of carbonyl (C=O) groups is 1. The van der Waals surface area contributed by atoms with E-state index in [4.69, 9.17) is 4.74 Å².